The summed E-state index contributed by atoms with van der Waals surface area (Å²) in [5.74, 6) is 0.768. The third kappa shape index (κ3) is 3.25. The van der Waals surface area contributed by atoms with Gasteiger partial charge in [0.05, 0.1) is 24.6 Å². The van der Waals surface area contributed by atoms with Crippen LogP contribution in [0.3, 0.4) is 0 Å². The van der Waals surface area contributed by atoms with Crippen LogP contribution < -0.4 is 4.74 Å². The predicted octanol–water partition coefficient (Wildman–Crippen LogP) is 4.29. The van der Waals surface area contributed by atoms with Crippen LogP contribution in [0.1, 0.15) is 16.7 Å². The summed E-state index contributed by atoms with van der Waals surface area (Å²) >= 11 is 0. The summed E-state index contributed by atoms with van der Waals surface area (Å²) in [5, 5.41) is 17.9. The minimum atomic E-state index is 0.602. The molecular weight excluding hydrogens is 336 g/mol. The van der Waals surface area contributed by atoms with Gasteiger partial charge in [-0.1, -0.05) is 30.3 Å². The monoisotopic (exact) mass is 354 g/mol. The van der Waals surface area contributed by atoms with Crippen LogP contribution in [0.25, 0.3) is 22.3 Å². The van der Waals surface area contributed by atoms with E-state index in [1.807, 2.05) is 42.5 Å². The number of aromatic amines is 1. The van der Waals surface area contributed by atoms with Gasteiger partial charge in [0.15, 0.2) is 5.65 Å². The number of methoxy groups -OCH3 is 1. The smallest absolute Gasteiger partial charge is 0.156 e. The van der Waals surface area contributed by atoms with Gasteiger partial charge in [0.25, 0.3) is 0 Å². The zero-order valence-electron chi connectivity index (χ0n) is 14.9. The van der Waals surface area contributed by atoms with E-state index in [0.29, 0.717) is 16.9 Å². The highest BCUT2D eigenvalue weighted by Gasteiger charge is 2.17. The molecule has 0 radical (unpaired) electrons. The van der Waals surface area contributed by atoms with Gasteiger partial charge in [-0.2, -0.15) is 10.4 Å². The Balaban J connectivity index is 1.81. The van der Waals surface area contributed by atoms with Crippen molar-refractivity contribution >= 4 is 11.0 Å². The Bertz CT molecular complexity index is 1110. The second-order valence-electron chi connectivity index (χ2n) is 6.27. The van der Waals surface area contributed by atoms with Gasteiger partial charge < -0.3 is 4.74 Å². The number of pyridine rings is 1. The molecule has 4 rings (SSSR count). The molecule has 5 nitrogen and oxygen atoms in total. The van der Waals surface area contributed by atoms with Crippen LogP contribution in [0, 0.1) is 11.3 Å². The molecule has 1 N–H and O–H groups in total. The third-order valence-electron chi connectivity index (χ3n) is 4.69. The van der Waals surface area contributed by atoms with Crippen LogP contribution in [0.15, 0.2) is 60.8 Å². The topological polar surface area (TPSA) is 74.6 Å². The maximum absolute atomic E-state index is 9.91. The number of hydrogen-bond acceptors (Lipinski definition) is 4. The number of nitrogens with one attached hydrogen (secondary N) is 1. The zero-order chi connectivity index (χ0) is 18.6. The van der Waals surface area contributed by atoms with Gasteiger partial charge in [-0.15, -0.1) is 0 Å². The molecular formula is C22H18N4O. The lowest BCUT2D eigenvalue weighted by Crippen LogP contribution is -2.01. The minimum Gasteiger partial charge on any atom is -0.497 e. The van der Waals surface area contributed by atoms with Crippen LogP contribution >= 0.6 is 0 Å². The zero-order valence-corrected chi connectivity index (χ0v) is 14.9. The molecule has 27 heavy (non-hydrogen) atoms. The highest BCUT2D eigenvalue weighted by atomic mass is 16.5. The first-order valence-electron chi connectivity index (χ1n) is 8.74. The number of ether oxygens (including phenoxy) is 1. The van der Waals surface area contributed by atoms with Crippen molar-refractivity contribution < 1.29 is 4.74 Å². The van der Waals surface area contributed by atoms with E-state index < -0.39 is 0 Å². The molecule has 2 aromatic heterocycles. The Hall–Kier alpha value is -3.65. The van der Waals surface area contributed by atoms with Crippen molar-refractivity contribution in [2.24, 2.45) is 0 Å². The Morgan fingerprint density at radius 2 is 1.81 bits per heavy atom. The second kappa shape index (κ2) is 7.30. The van der Waals surface area contributed by atoms with Crippen LogP contribution in [-0.2, 0) is 12.8 Å². The first-order chi connectivity index (χ1) is 13.3. The lowest BCUT2D eigenvalue weighted by molar-refractivity contribution is 0.415. The summed E-state index contributed by atoms with van der Waals surface area (Å²) in [6.45, 7) is 0. The normalized spacial score (nSPS) is 10.7. The molecule has 2 heterocycles. The summed E-state index contributed by atoms with van der Waals surface area (Å²) in [5.41, 5.74) is 5.06. The summed E-state index contributed by atoms with van der Waals surface area (Å²) in [6.07, 6.45) is 3.35. The number of nitrogens with zero attached hydrogens (tertiary/aromatic N) is 3. The first-order valence-corrected chi connectivity index (χ1v) is 8.74. The molecule has 0 aliphatic rings. The van der Waals surface area contributed by atoms with E-state index in [0.717, 1.165) is 35.1 Å². The van der Waals surface area contributed by atoms with Crippen molar-refractivity contribution in [3.63, 3.8) is 0 Å². The fourth-order valence-electron chi connectivity index (χ4n) is 3.28. The van der Waals surface area contributed by atoms with E-state index >= 15 is 0 Å². The van der Waals surface area contributed by atoms with Crippen LogP contribution in [0.2, 0.25) is 0 Å². The van der Waals surface area contributed by atoms with E-state index in [9.17, 15) is 5.26 Å². The fraction of sp³-hybridized carbons (Fsp3) is 0.136. The minimum absolute atomic E-state index is 0.602. The number of aryl methyl sites for hydroxylation is 2. The molecule has 132 valence electrons. The second-order valence-corrected chi connectivity index (χ2v) is 6.27. The Morgan fingerprint density at radius 1 is 1.04 bits per heavy atom. The highest BCUT2D eigenvalue weighted by molar-refractivity contribution is 5.86. The number of nitriles is 1. The number of hydrogen-bond donors (Lipinski definition) is 1. The molecule has 0 unspecified atom stereocenters. The van der Waals surface area contributed by atoms with Crippen molar-refractivity contribution in [3.8, 4) is 23.1 Å². The number of fused-ring (bicyclic) bond motifs is 1. The quantitative estimate of drug-likeness (QED) is 0.580. The average Bonchev–Trinajstić information content (AvgIpc) is 3.20. The molecule has 0 aliphatic carbocycles. The molecule has 0 bridgehead atoms. The predicted molar refractivity (Wildman–Crippen MR) is 104 cm³/mol. The Labute approximate surface area is 157 Å². The lowest BCUT2D eigenvalue weighted by Gasteiger charge is -2.11. The van der Waals surface area contributed by atoms with E-state index in [4.69, 9.17) is 4.74 Å². The average molecular weight is 354 g/mol. The van der Waals surface area contributed by atoms with E-state index in [2.05, 4.69) is 33.4 Å². The molecule has 0 aliphatic heterocycles. The van der Waals surface area contributed by atoms with Crippen LogP contribution in [0.5, 0.6) is 5.75 Å². The van der Waals surface area contributed by atoms with E-state index in [-0.39, 0.29) is 0 Å². The summed E-state index contributed by atoms with van der Waals surface area (Å²) in [4.78, 5) is 4.67. The van der Waals surface area contributed by atoms with Gasteiger partial charge in [0.2, 0.25) is 0 Å². The van der Waals surface area contributed by atoms with Gasteiger partial charge in [0.1, 0.15) is 11.8 Å². The first kappa shape index (κ1) is 16.8. The molecule has 0 spiro atoms. The van der Waals surface area contributed by atoms with Crippen molar-refractivity contribution in [3.05, 3.63) is 77.5 Å². The fourth-order valence-corrected chi connectivity index (χ4v) is 3.28. The molecule has 5 heteroatoms. The van der Waals surface area contributed by atoms with Gasteiger partial charge >= 0.3 is 0 Å². The molecule has 4 aromatic rings. The summed E-state index contributed by atoms with van der Waals surface area (Å²) in [6, 6.07) is 20.2. The van der Waals surface area contributed by atoms with E-state index in [1.54, 1.807) is 13.3 Å². The van der Waals surface area contributed by atoms with Crippen LogP contribution in [0.4, 0.5) is 0 Å². The summed E-state index contributed by atoms with van der Waals surface area (Å²) < 4.78 is 5.23. The maximum Gasteiger partial charge on any atom is 0.156 e. The SMILES string of the molecule is COc1ccc(-c2nc3[nH]ncc3c(CCc3ccccc3)c2C#N)cc1. The van der Waals surface area contributed by atoms with Gasteiger partial charge in [-0.25, -0.2) is 4.98 Å². The molecule has 2 aromatic carbocycles. The molecule has 0 amide bonds. The molecule has 0 atom stereocenters. The Morgan fingerprint density at radius 3 is 2.52 bits per heavy atom. The number of aromatic nitrogens is 3. The molecule has 0 saturated carbocycles. The number of rotatable bonds is 5. The van der Waals surface area contributed by atoms with Gasteiger partial charge in [-0.05, 0) is 48.2 Å². The highest BCUT2D eigenvalue weighted by Crippen LogP contribution is 2.30. The standard InChI is InChI=1S/C22H18N4O/c1-27-17-10-8-16(9-11-17)21-19(13-23)18(20-14-24-26-22(20)25-21)12-7-15-5-3-2-4-6-15/h2-6,8-11,14H,7,12H2,1H3,(H,24,25,26). The molecule has 0 fully saturated rings. The van der Waals surface area contributed by atoms with E-state index in [1.165, 1.54) is 5.56 Å². The Kier molecular flexibility index (Phi) is 4.54. The van der Waals surface area contributed by atoms with Gasteiger partial charge in [-0.3, -0.25) is 5.10 Å². The van der Waals surface area contributed by atoms with Gasteiger partial charge in [0, 0.05) is 10.9 Å². The summed E-state index contributed by atoms with van der Waals surface area (Å²) in [7, 11) is 1.63. The van der Waals surface area contributed by atoms with Crippen molar-refractivity contribution in [2.75, 3.05) is 7.11 Å². The van der Waals surface area contributed by atoms with Crippen molar-refractivity contribution in [2.45, 2.75) is 12.8 Å². The molecule has 0 saturated heterocycles. The van der Waals surface area contributed by atoms with Crippen LogP contribution in [-0.4, -0.2) is 22.3 Å². The van der Waals surface area contributed by atoms with Crippen molar-refractivity contribution in [1.29, 1.82) is 5.26 Å². The number of H-pyrrole nitrogens is 1. The maximum atomic E-state index is 9.91. The lowest BCUT2D eigenvalue weighted by atomic mass is 9.95. The van der Waals surface area contributed by atoms with Crippen molar-refractivity contribution in [1.82, 2.24) is 15.2 Å². The largest absolute Gasteiger partial charge is 0.497 e. The number of benzene rings is 2. The third-order valence-corrected chi connectivity index (χ3v) is 4.69.